The topological polar surface area (TPSA) is 96.2 Å². The number of nitrogen functional groups attached to an aromatic ring is 1. The maximum absolute atomic E-state index is 11.8. The molecule has 1 rings (SSSR count). The van der Waals surface area contributed by atoms with E-state index < -0.39 is 6.04 Å². The van der Waals surface area contributed by atoms with Crippen molar-refractivity contribution in [3.63, 3.8) is 0 Å². The van der Waals surface area contributed by atoms with Gasteiger partial charge in [-0.05, 0) is 31.5 Å². The van der Waals surface area contributed by atoms with Crippen molar-refractivity contribution in [2.24, 2.45) is 0 Å². The van der Waals surface area contributed by atoms with Crippen molar-refractivity contribution in [1.82, 2.24) is 10.6 Å². The minimum Gasteiger partial charge on any atom is -0.397 e. The fourth-order valence-corrected chi connectivity index (χ4v) is 1.67. The van der Waals surface area contributed by atoms with Gasteiger partial charge in [-0.25, -0.2) is 0 Å². The van der Waals surface area contributed by atoms with Crippen molar-refractivity contribution in [3.05, 3.63) is 23.8 Å². The number of nitrogens with one attached hydrogen (secondary N) is 3. The highest BCUT2D eigenvalue weighted by Gasteiger charge is 2.14. The summed E-state index contributed by atoms with van der Waals surface area (Å²) in [5.74, 6) is -0.298. The molecule has 1 aromatic rings. The second-order valence-corrected chi connectivity index (χ2v) is 4.54. The van der Waals surface area contributed by atoms with Crippen molar-refractivity contribution < 1.29 is 9.59 Å². The molecule has 0 aliphatic carbocycles. The number of benzene rings is 1. The number of nitrogens with two attached hydrogens (primary N) is 1. The number of carbonyl (C=O) groups is 2. The Morgan fingerprint density at radius 3 is 2.65 bits per heavy atom. The summed E-state index contributed by atoms with van der Waals surface area (Å²) in [6.07, 6.45) is 0.882. The number of rotatable bonds is 6. The highest BCUT2D eigenvalue weighted by atomic mass is 16.2. The first-order valence-electron chi connectivity index (χ1n) is 6.65. The zero-order chi connectivity index (χ0) is 15.1. The van der Waals surface area contributed by atoms with Crippen LogP contribution in [0, 0.1) is 0 Å². The van der Waals surface area contributed by atoms with Crippen LogP contribution in [0.3, 0.4) is 0 Å². The zero-order valence-electron chi connectivity index (χ0n) is 12.1. The summed E-state index contributed by atoms with van der Waals surface area (Å²) < 4.78 is 0. The van der Waals surface area contributed by atoms with Crippen LogP contribution in [0.1, 0.15) is 30.6 Å². The quantitative estimate of drug-likeness (QED) is 0.583. The third-order valence-electron chi connectivity index (χ3n) is 2.86. The monoisotopic (exact) mass is 278 g/mol. The van der Waals surface area contributed by atoms with Crippen LogP contribution in [0.25, 0.3) is 0 Å². The Bertz CT molecular complexity index is 488. The Morgan fingerprint density at radius 1 is 1.35 bits per heavy atom. The van der Waals surface area contributed by atoms with Gasteiger partial charge < -0.3 is 21.7 Å². The summed E-state index contributed by atoms with van der Waals surface area (Å²) in [7, 11) is 1.56. The van der Waals surface area contributed by atoms with Gasteiger partial charge in [0.2, 0.25) is 5.91 Å². The van der Waals surface area contributed by atoms with Crippen LogP contribution in [-0.4, -0.2) is 31.4 Å². The lowest BCUT2D eigenvalue weighted by molar-refractivity contribution is -0.121. The molecule has 1 atom stereocenters. The normalized spacial score (nSPS) is 11.6. The molecule has 0 fully saturated rings. The number of hydrogen-bond acceptors (Lipinski definition) is 4. The Hall–Kier alpha value is -2.24. The standard InChI is InChI=1S/C14H22N4O2/c1-4-7-17-13(19)9(2)18-12-8-10(14(20)16-3)5-6-11(12)15/h5-6,8-9,18H,4,7,15H2,1-3H3,(H,16,20)(H,17,19). The Morgan fingerprint density at radius 2 is 2.05 bits per heavy atom. The highest BCUT2D eigenvalue weighted by Crippen LogP contribution is 2.21. The summed E-state index contributed by atoms with van der Waals surface area (Å²) in [5, 5.41) is 8.37. The third kappa shape index (κ3) is 4.15. The van der Waals surface area contributed by atoms with Crippen molar-refractivity contribution in [1.29, 1.82) is 0 Å². The molecule has 0 aliphatic heterocycles. The molecule has 110 valence electrons. The number of amides is 2. The van der Waals surface area contributed by atoms with Gasteiger partial charge >= 0.3 is 0 Å². The van der Waals surface area contributed by atoms with E-state index in [1.54, 1.807) is 32.2 Å². The summed E-state index contributed by atoms with van der Waals surface area (Å²) in [6, 6.07) is 4.49. The van der Waals surface area contributed by atoms with Gasteiger partial charge in [-0.15, -0.1) is 0 Å². The number of carbonyl (C=O) groups excluding carboxylic acids is 2. The van der Waals surface area contributed by atoms with Crippen LogP contribution in [-0.2, 0) is 4.79 Å². The van der Waals surface area contributed by atoms with Gasteiger partial charge in [0, 0.05) is 19.2 Å². The molecule has 20 heavy (non-hydrogen) atoms. The fraction of sp³-hybridized carbons (Fsp3) is 0.429. The molecule has 0 radical (unpaired) electrons. The first-order chi connectivity index (χ1) is 9.49. The SMILES string of the molecule is CCCNC(=O)C(C)Nc1cc(C(=O)NC)ccc1N. The first-order valence-corrected chi connectivity index (χ1v) is 6.65. The lowest BCUT2D eigenvalue weighted by Gasteiger charge is -2.17. The van der Waals surface area contributed by atoms with Crippen molar-refractivity contribution >= 4 is 23.2 Å². The van der Waals surface area contributed by atoms with Gasteiger partial charge in [-0.2, -0.15) is 0 Å². The maximum Gasteiger partial charge on any atom is 0.251 e. The van der Waals surface area contributed by atoms with Gasteiger partial charge in [-0.3, -0.25) is 9.59 Å². The van der Waals surface area contributed by atoms with E-state index in [0.29, 0.717) is 23.5 Å². The minimum absolute atomic E-state index is 0.100. The fourth-order valence-electron chi connectivity index (χ4n) is 1.67. The van der Waals surface area contributed by atoms with E-state index >= 15 is 0 Å². The van der Waals surface area contributed by atoms with Crippen LogP contribution in [0.4, 0.5) is 11.4 Å². The lowest BCUT2D eigenvalue weighted by atomic mass is 10.1. The van der Waals surface area contributed by atoms with E-state index in [1.165, 1.54) is 0 Å². The Labute approximate surface area is 119 Å². The second-order valence-electron chi connectivity index (χ2n) is 4.54. The average molecular weight is 278 g/mol. The molecule has 0 spiro atoms. The summed E-state index contributed by atoms with van der Waals surface area (Å²) in [6.45, 7) is 4.37. The summed E-state index contributed by atoms with van der Waals surface area (Å²) in [4.78, 5) is 23.4. The van der Waals surface area contributed by atoms with E-state index in [-0.39, 0.29) is 11.8 Å². The maximum atomic E-state index is 11.8. The zero-order valence-corrected chi connectivity index (χ0v) is 12.1. The van der Waals surface area contributed by atoms with Crippen molar-refractivity contribution in [3.8, 4) is 0 Å². The van der Waals surface area contributed by atoms with Gasteiger partial charge in [0.05, 0.1) is 11.4 Å². The van der Waals surface area contributed by atoms with Crippen LogP contribution in [0.15, 0.2) is 18.2 Å². The van der Waals surface area contributed by atoms with Gasteiger partial charge in [0.15, 0.2) is 0 Å². The van der Waals surface area contributed by atoms with Crippen LogP contribution < -0.4 is 21.7 Å². The van der Waals surface area contributed by atoms with E-state index in [9.17, 15) is 9.59 Å². The molecule has 6 nitrogen and oxygen atoms in total. The molecule has 0 saturated heterocycles. The first kappa shape index (κ1) is 15.8. The highest BCUT2D eigenvalue weighted by molar-refractivity contribution is 5.96. The molecule has 0 heterocycles. The molecule has 2 amide bonds. The molecule has 0 saturated carbocycles. The summed E-state index contributed by atoms with van der Waals surface area (Å²) in [5.41, 5.74) is 7.41. The predicted octanol–water partition coefficient (Wildman–Crippen LogP) is 0.955. The molecule has 0 bridgehead atoms. The van der Waals surface area contributed by atoms with Gasteiger partial charge in [-0.1, -0.05) is 6.92 Å². The smallest absolute Gasteiger partial charge is 0.251 e. The molecule has 0 aromatic heterocycles. The predicted molar refractivity (Wildman–Crippen MR) is 80.6 cm³/mol. The average Bonchev–Trinajstić information content (AvgIpc) is 2.45. The molecule has 1 aromatic carbocycles. The number of anilines is 2. The second kappa shape index (κ2) is 7.37. The number of hydrogen-bond donors (Lipinski definition) is 4. The molecule has 5 N–H and O–H groups in total. The van der Waals surface area contributed by atoms with Crippen LogP contribution >= 0.6 is 0 Å². The van der Waals surface area contributed by atoms with E-state index in [2.05, 4.69) is 16.0 Å². The van der Waals surface area contributed by atoms with Crippen LogP contribution in [0.5, 0.6) is 0 Å². The molecule has 6 heteroatoms. The van der Waals surface area contributed by atoms with E-state index in [0.717, 1.165) is 6.42 Å². The third-order valence-corrected chi connectivity index (χ3v) is 2.86. The van der Waals surface area contributed by atoms with E-state index in [4.69, 9.17) is 5.73 Å². The molecule has 0 aliphatic rings. The summed E-state index contributed by atoms with van der Waals surface area (Å²) >= 11 is 0. The molecule has 1 unspecified atom stereocenters. The van der Waals surface area contributed by atoms with E-state index in [1.807, 2.05) is 6.92 Å². The van der Waals surface area contributed by atoms with Crippen molar-refractivity contribution in [2.75, 3.05) is 24.6 Å². The Kier molecular flexibility index (Phi) is 5.83. The van der Waals surface area contributed by atoms with Gasteiger partial charge in [0.1, 0.15) is 6.04 Å². The molecular weight excluding hydrogens is 256 g/mol. The van der Waals surface area contributed by atoms with Crippen LogP contribution in [0.2, 0.25) is 0 Å². The van der Waals surface area contributed by atoms with Gasteiger partial charge in [0.25, 0.3) is 5.91 Å². The largest absolute Gasteiger partial charge is 0.397 e. The Balaban J connectivity index is 2.80. The lowest BCUT2D eigenvalue weighted by Crippen LogP contribution is -2.38. The molecular formula is C14H22N4O2. The minimum atomic E-state index is -0.427. The van der Waals surface area contributed by atoms with Crippen molar-refractivity contribution in [2.45, 2.75) is 26.3 Å².